The number of ether oxygens (including phenoxy) is 3. The lowest BCUT2D eigenvalue weighted by Gasteiger charge is -2.23. The summed E-state index contributed by atoms with van der Waals surface area (Å²) in [6.45, 7) is 3.18. The Morgan fingerprint density at radius 1 is 1.25 bits per heavy atom. The van der Waals surface area contributed by atoms with Crippen molar-refractivity contribution in [2.24, 2.45) is 0 Å². The maximum absolute atomic E-state index is 12.8. The fraction of sp³-hybridized carbons (Fsp3) is 0.421. The Hall–Kier alpha value is -3.07. The van der Waals surface area contributed by atoms with E-state index in [1.54, 1.807) is 0 Å². The molecule has 9 heteroatoms. The van der Waals surface area contributed by atoms with Crippen LogP contribution in [0, 0.1) is 6.92 Å². The second-order valence-corrected chi connectivity index (χ2v) is 6.45. The van der Waals surface area contributed by atoms with Gasteiger partial charge in [-0.15, -0.1) is 0 Å². The largest absolute Gasteiger partial charge is 0.493 e. The molecule has 1 saturated heterocycles. The Labute approximate surface area is 162 Å². The molecule has 0 radical (unpaired) electrons. The highest BCUT2D eigenvalue weighted by Crippen LogP contribution is 2.37. The van der Waals surface area contributed by atoms with Crippen molar-refractivity contribution in [2.45, 2.75) is 25.8 Å². The van der Waals surface area contributed by atoms with Gasteiger partial charge in [-0.3, -0.25) is 9.48 Å². The van der Waals surface area contributed by atoms with Crippen LogP contribution in [0.1, 0.15) is 45.3 Å². The number of hydrogen-bond donors (Lipinski definition) is 2. The summed E-state index contributed by atoms with van der Waals surface area (Å²) in [5.74, 6) is -1.08. The topological polar surface area (TPSA) is 112 Å². The Balaban J connectivity index is 1.90. The van der Waals surface area contributed by atoms with Crippen LogP contribution in [-0.4, -0.2) is 54.2 Å². The van der Waals surface area contributed by atoms with Crippen LogP contribution in [0.25, 0.3) is 0 Å². The first-order valence-electron chi connectivity index (χ1n) is 8.88. The molecular formula is C19H23N3O6. The molecule has 1 amide bonds. The second-order valence-electron chi connectivity index (χ2n) is 6.45. The third-order valence-corrected chi connectivity index (χ3v) is 4.80. The number of aromatic nitrogens is 2. The van der Waals surface area contributed by atoms with E-state index in [0.29, 0.717) is 18.8 Å². The van der Waals surface area contributed by atoms with Crippen LogP contribution < -0.4 is 14.8 Å². The van der Waals surface area contributed by atoms with Crippen LogP contribution in [0.5, 0.6) is 11.5 Å². The summed E-state index contributed by atoms with van der Waals surface area (Å²) in [6, 6.07) is 2.87. The van der Waals surface area contributed by atoms with Crippen molar-refractivity contribution in [1.82, 2.24) is 9.78 Å². The molecule has 0 unspecified atom stereocenters. The number of nitrogens with one attached hydrogen (secondary N) is 1. The van der Waals surface area contributed by atoms with Gasteiger partial charge in [-0.2, -0.15) is 5.10 Å². The average molecular weight is 389 g/mol. The standard InChI is InChI=1S/C19H23N3O6/c1-11-14(10-20-22(11)13-4-6-28-7-5-13)18(23)21-15-8-12(19(24)25)9-16(26-2)17(15)27-3/h8-10,13H,4-7H2,1-3H3,(H,21,23)(H,24,25). The van der Waals surface area contributed by atoms with Crippen molar-refractivity contribution >= 4 is 17.6 Å². The monoisotopic (exact) mass is 389 g/mol. The number of benzene rings is 1. The summed E-state index contributed by atoms with van der Waals surface area (Å²) in [5.41, 5.74) is 1.34. The number of carboxylic acids is 1. The van der Waals surface area contributed by atoms with Crippen LogP contribution in [0.15, 0.2) is 18.3 Å². The highest BCUT2D eigenvalue weighted by atomic mass is 16.5. The number of anilines is 1. The number of carbonyl (C=O) groups is 2. The highest BCUT2D eigenvalue weighted by molar-refractivity contribution is 6.06. The van der Waals surface area contributed by atoms with E-state index in [2.05, 4.69) is 10.4 Å². The molecule has 28 heavy (non-hydrogen) atoms. The lowest BCUT2D eigenvalue weighted by atomic mass is 10.1. The zero-order valence-corrected chi connectivity index (χ0v) is 16.0. The number of amides is 1. The minimum atomic E-state index is -1.14. The number of methoxy groups -OCH3 is 2. The molecule has 0 saturated carbocycles. The van der Waals surface area contributed by atoms with E-state index < -0.39 is 11.9 Å². The third-order valence-electron chi connectivity index (χ3n) is 4.80. The van der Waals surface area contributed by atoms with Crippen LogP contribution in [0.2, 0.25) is 0 Å². The van der Waals surface area contributed by atoms with Gasteiger partial charge in [0.1, 0.15) is 0 Å². The lowest BCUT2D eigenvalue weighted by Crippen LogP contribution is -2.22. The van der Waals surface area contributed by atoms with Crippen LogP contribution in [-0.2, 0) is 4.74 Å². The Bertz CT molecular complexity index is 886. The van der Waals surface area contributed by atoms with E-state index in [1.165, 1.54) is 32.5 Å². The molecule has 150 valence electrons. The molecule has 0 atom stereocenters. The number of hydrogen-bond acceptors (Lipinski definition) is 6. The van der Waals surface area contributed by atoms with Crippen molar-refractivity contribution in [1.29, 1.82) is 0 Å². The summed E-state index contributed by atoms with van der Waals surface area (Å²) in [6.07, 6.45) is 3.20. The molecule has 1 aromatic carbocycles. The smallest absolute Gasteiger partial charge is 0.335 e. The maximum Gasteiger partial charge on any atom is 0.335 e. The van der Waals surface area contributed by atoms with Gasteiger partial charge >= 0.3 is 5.97 Å². The molecule has 3 rings (SSSR count). The first-order valence-corrected chi connectivity index (χ1v) is 8.88. The minimum Gasteiger partial charge on any atom is -0.493 e. The fourth-order valence-corrected chi connectivity index (χ4v) is 3.31. The third kappa shape index (κ3) is 3.79. The van der Waals surface area contributed by atoms with Crippen molar-refractivity contribution in [2.75, 3.05) is 32.8 Å². The first-order chi connectivity index (χ1) is 13.5. The number of rotatable bonds is 6. The summed E-state index contributed by atoms with van der Waals surface area (Å²) >= 11 is 0. The molecule has 2 heterocycles. The number of nitrogens with zero attached hydrogens (tertiary/aromatic N) is 2. The van der Waals surface area contributed by atoms with Gasteiger partial charge in [0.15, 0.2) is 11.5 Å². The van der Waals surface area contributed by atoms with Gasteiger partial charge in [0.2, 0.25) is 0 Å². The minimum absolute atomic E-state index is 0.0254. The van der Waals surface area contributed by atoms with E-state index in [0.717, 1.165) is 18.5 Å². The molecule has 9 nitrogen and oxygen atoms in total. The molecule has 1 aliphatic rings. The Morgan fingerprint density at radius 3 is 2.57 bits per heavy atom. The van der Waals surface area contributed by atoms with Crippen LogP contribution in [0.3, 0.4) is 0 Å². The number of carbonyl (C=O) groups excluding carboxylic acids is 1. The van der Waals surface area contributed by atoms with E-state index in [9.17, 15) is 14.7 Å². The zero-order chi connectivity index (χ0) is 20.3. The van der Waals surface area contributed by atoms with Gasteiger partial charge in [-0.25, -0.2) is 4.79 Å². The Kier molecular flexibility index (Phi) is 5.84. The van der Waals surface area contributed by atoms with Crippen molar-refractivity contribution in [3.8, 4) is 11.5 Å². The summed E-state index contributed by atoms with van der Waals surface area (Å²) in [7, 11) is 2.82. The summed E-state index contributed by atoms with van der Waals surface area (Å²) < 4.78 is 17.7. The van der Waals surface area contributed by atoms with Crippen molar-refractivity contribution in [3.05, 3.63) is 35.2 Å². The SMILES string of the molecule is COc1cc(C(=O)O)cc(NC(=O)c2cnn(C3CCOCC3)c2C)c1OC. The quantitative estimate of drug-likeness (QED) is 0.781. The van der Waals surface area contributed by atoms with Gasteiger partial charge in [-0.1, -0.05) is 0 Å². The van der Waals surface area contributed by atoms with E-state index in [-0.39, 0.29) is 28.8 Å². The van der Waals surface area contributed by atoms with Gasteiger partial charge in [0, 0.05) is 18.9 Å². The van der Waals surface area contributed by atoms with Crippen molar-refractivity contribution < 1.29 is 28.9 Å². The highest BCUT2D eigenvalue weighted by Gasteiger charge is 2.23. The molecule has 0 spiro atoms. The zero-order valence-electron chi connectivity index (χ0n) is 16.0. The molecule has 1 aromatic heterocycles. The van der Waals surface area contributed by atoms with E-state index in [1.807, 2.05) is 11.6 Å². The maximum atomic E-state index is 12.8. The van der Waals surface area contributed by atoms with Crippen LogP contribution >= 0.6 is 0 Å². The molecule has 0 bridgehead atoms. The second kappa shape index (κ2) is 8.30. The van der Waals surface area contributed by atoms with Crippen LogP contribution in [0.4, 0.5) is 5.69 Å². The lowest BCUT2D eigenvalue weighted by molar-refractivity contribution is 0.0656. The average Bonchev–Trinajstić information content (AvgIpc) is 3.09. The molecule has 1 fully saturated rings. The summed E-state index contributed by atoms with van der Waals surface area (Å²) in [5, 5.41) is 16.4. The Morgan fingerprint density at radius 2 is 1.96 bits per heavy atom. The van der Waals surface area contributed by atoms with Gasteiger partial charge in [-0.05, 0) is 31.9 Å². The fourth-order valence-electron chi connectivity index (χ4n) is 3.31. The van der Waals surface area contributed by atoms with Gasteiger partial charge < -0.3 is 24.6 Å². The predicted molar refractivity (Wildman–Crippen MR) is 101 cm³/mol. The molecular weight excluding hydrogens is 366 g/mol. The normalized spacial score (nSPS) is 14.5. The number of aromatic carboxylic acids is 1. The number of carboxylic acid groups (broad SMARTS) is 1. The molecule has 1 aliphatic heterocycles. The summed E-state index contributed by atoms with van der Waals surface area (Å²) in [4.78, 5) is 24.2. The van der Waals surface area contributed by atoms with Gasteiger partial charge in [0.25, 0.3) is 5.91 Å². The first kappa shape index (κ1) is 19.7. The molecule has 2 N–H and O–H groups in total. The van der Waals surface area contributed by atoms with E-state index in [4.69, 9.17) is 14.2 Å². The van der Waals surface area contributed by atoms with Crippen molar-refractivity contribution in [3.63, 3.8) is 0 Å². The predicted octanol–water partition coefficient (Wildman–Crippen LogP) is 2.51. The van der Waals surface area contributed by atoms with E-state index >= 15 is 0 Å². The molecule has 0 aliphatic carbocycles. The van der Waals surface area contributed by atoms with Gasteiger partial charge in [0.05, 0.1) is 43.3 Å². The molecule has 2 aromatic rings.